The second-order valence-corrected chi connectivity index (χ2v) is 6.94. The predicted octanol–water partition coefficient (Wildman–Crippen LogP) is 4.73. The molecule has 0 saturated carbocycles. The molecule has 3 nitrogen and oxygen atoms in total. The third-order valence-electron chi connectivity index (χ3n) is 3.48. The van der Waals surface area contributed by atoms with Gasteiger partial charge in [-0.15, -0.1) is 0 Å². The molecule has 0 amide bonds. The molecule has 0 radical (unpaired) electrons. The minimum atomic E-state index is -1.12. The molecule has 0 aliphatic rings. The van der Waals surface area contributed by atoms with Gasteiger partial charge in [0.15, 0.2) is 0 Å². The summed E-state index contributed by atoms with van der Waals surface area (Å²) in [6.45, 7) is 6.29. The van der Waals surface area contributed by atoms with Crippen LogP contribution in [0.5, 0.6) is 0 Å². The summed E-state index contributed by atoms with van der Waals surface area (Å²) in [6.07, 6.45) is 0.349. The first-order valence-electron chi connectivity index (χ1n) is 6.66. The predicted molar refractivity (Wildman–Crippen MR) is 90.1 cm³/mol. The lowest BCUT2D eigenvalue weighted by atomic mass is 9.91. The van der Waals surface area contributed by atoms with Crippen molar-refractivity contribution in [3.05, 3.63) is 49.7 Å². The van der Waals surface area contributed by atoms with E-state index in [9.17, 15) is 5.11 Å². The maximum Gasteiger partial charge on any atom is 0.0938 e. The first kappa shape index (κ1) is 16.8. The zero-order valence-electron chi connectivity index (χ0n) is 12.1. The Morgan fingerprint density at radius 2 is 2.05 bits per heavy atom. The summed E-state index contributed by atoms with van der Waals surface area (Å²) in [6, 6.07) is 5.45. The number of aryl methyl sites for hydroxylation is 2. The van der Waals surface area contributed by atoms with Gasteiger partial charge in [-0.25, -0.2) is 0 Å². The van der Waals surface area contributed by atoms with Crippen LogP contribution in [0.1, 0.15) is 30.8 Å². The number of nitrogens with zero attached hydrogens (tertiary/aromatic N) is 2. The summed E-state index contributed by atoms with van der Waals surface area (Å²) in [4.78, 5) is 0. The van der Waals surface area contributed by atoms with Gasteiger partial charge < -0.3 is 5.11 Å². The lowest BCUT2D eigenvalue weighted by Crippen LogP contribution is -2.26. The standard InChI is InChI=1S/C15H17BrCl2N2O/c1-4-20-13(14(18)9(2)19-20)8-15(3,21)11-6-5-10(16)7-12(11)17/h5-7,21H,4,8H2,1-3H3. The molecule has 0 fully saturated rings. The Balaban J connectivity index is 2.41. The largest absolute Gasteiger partial charge is 0.385 e. The van der Waals surface area contributed by atoms with E-state index >= 15 is 0 Å². The highest BCUT2D eigenvalue weighted by molar-refractivity contribution is 9.10. The van der Waals surface area contributed by atoms with Gasteiger partial charge in [0.1, 0.15) is 0 Å². The van der Waals surface area contributed by atoms with Crippen molar-refractivity contribution in [1.82, 2.24) is 9.78 Å². The van der Waals surface area contributed by atoms with Gasteiger partial charge in [-0.05, 0) is 32.9 Å². The van der Waals surface area contributed by atoms with E-state index in [4.69, 9.17) is 23.2 Å². The molecule has 1 aromatic carbocycles. The SMILES string of the molecule is CCn1nc(C)c(Cl)c1CC(C)(O)c1ccc(Br)cc1Cl. The molecule has 114 valence electrons. The van der Waals surface area contributed by atoms with Crippen molar-refractivity contribution in [2.45, 2.75) is 39.3 Å². The molecule has 2 rings (SSSR count). The molecule has 1 heterocycles. The van der Waals surface area contributed by atoms with Gasteiger partial charge >= 0.3 is 0 Å². The molecule has 0 aliphatic carbocycles. The van der Waals surface area contributed by atoms with Crippen LogP contribution in [0.3, 0.4) is 0 Å². The molecule has 0 spiro atoms. The van der Waals surface area contributed by atoms with Crippen LogP contribution >= 0.6 is 39.1 Å². The van der Waals surface area contributed by atoms with Crippen LogP contribution < -0.4 is 0 Å². The van der Waals surface area contributed by atoms with Crippen LogP contribution in [0, 0.1) is 6.92 Å². The van der Waals surface area contributed by atoms with Crippen molar-refractivity contribution in [2.75, 3.05) is 0 Å². The van der Waals surface area contributed by atoms with E-state index in [1.165, 1.54) is 0 Å². The lowest BCUT2D eigenvalue weighted by molar-refractivity contribution is 0.0555. The Morgan fingerprint density at radius 1 is 1.38 bits per heavy atom. The number of rotatable bonds is 4. The van der Waals surface area contributed by atoms with Crippen molar-refractivity contribution in [3.8, 4) is 0 Å². The van der Waals surface area contributed by atoms with E-state index in [2.05, 4.69) is 21.0 Å². The fraction of sp³-hybridized carbons (Fsp3) is 0.400. The van der Waals surface area contributed by atoms with Crippen molar-refractivity contribution in [1.29, 1.82) is 0 Å². The highest BCUT2D eigenvalue weighted by Gasteiger charge is 2.29. The quantitative estimate of drug-likeness (QED) is 0.817. The summed E-state index contributed by atoms with van der Waals surface area (Å²) in [7, 11) is 0. The molecule has 21 heavy (non-hydrogen) atoms. The number of hydrogen-bond acceptors (Lipinski definition) is 2. The second-order valence-electron chi connectivity index (χ2n) is 5.24. The average molecular weight is 392 g/mol. The number of aliphatic hydroxyl groups is 1. The summed E-state index contributed by atoms with van der Waals surface area (Å²) in [5.74, 6) is 0. The summed E-state index contributed by atoms with van der Waals surface area (Å²) >= 11 is 15.9. The van der Waals surface area contributed by atoms with Gasteiger partial charge in [-0.2, -0.15) is 5.10 Å². The van der Waals surface area contributed by atoms with Gasteiger partial charge in [-0.3, -0.25) is 4.68 Å². The van der Waals surface area contributed by atoms with Crippen LogP contribution in [0.2, 0.25) is 10.0 Å². The Labute approximate surface area is 143 Å². The molecule has 0 bridgehead atoms. The van der Waals surface area contributed by atoms with Crippen LogP contribution in [0.25, 0.3) is 0 Å². The number of hydrogen-bond donors (Lipinski definition) is 1. The lowest BCUT2D eigenvalue weighted by Gasteiger charge is -2.25. The molecule has 1 aromatic heterocycles. The van der Waals surface area contributed by atoms with Gasteiger partial charge in [-0.1, -0.05) is 45.2 Å². The fourth-order valence-electron chi connectivity index (χ4n) is 2.39. The van der Waals surface area contributed by atoms with Crippen LogP contribution in [-0.4, -0.2) is 14.9 Å². The molecule has 1 atom stereocenters. The maximum atomic E-state index is 10.9. The van der Waals surface area contributed by atoms with Gasteiger partial charge in [0.25, 0.3) is 0 Å². The third kappa shape index (κ3) is 3.45. The van der Waals surface area contributed by atoms with Crippen LogP contribution in [-0.2, 0) is 18.6 Å². The molecule has 2 aromatic rings. The van der Waals surface area contributed by atoms with Crippen molar-refractivity contribution in [2.24, 2.45) is 0 Å². The molecular formula is C15H17BrCl2N2O. The average Bonchev–Trinajstić information content (AvgIpc) is 2.65. The minimum absolute atomic E-state index is 0.349. The molecule has 0 saturated heterocycles. The number of halogens is 3. The first-order chi connectivity index (χ1) is 9.76. The summed E-state index contributed by atoms with van der Waals surface area (Å²) in [5, 5.41) is 16.4. The van der Waals surface area contributed by atoms with E-state index < -0.39 is 5.60 Å². The molecule has 1 N–H and O–H groups in total. The Hall–Kier alpha value is -0.550. The van der Waals surface area contributed by atoms with Gasteiger partial charge in [0, 0.05) is 28.0 Å². The molecular weight excluding hydrogens is 375 g/mol. The second kappa shape index (κ2) is 6.29. The number of aromatic nitrogens is 2. The molecule has 6 heteroatoms. The summed E-state index contributed by atoms with van der Waals surface area (Å²) in [5.41, 5.74) is 1.14. The smallest absolute Gasteiger partial charge is 0.0938 e. The highest BCUT2D eigenvalue weighted by atomic mass is 79.9. The topological polar surface area (TPSA) is 38.0 Å². The first-order valence-corrected chi connectivity index (χ1v) is 8.21. The van der Waals surface area contributed by atoms with Crippen molar-refractivity contribution < 1.29 is 5.11 Å². The Kier molecular flexibility index (Phi) is 5.03. The number of benzene rings is 1. The van der Waals surface area contributed by atoms with Crippen molar-refractivity contribution in [3.63, 3.8) is 0 Å². The van der Waals surface area contributed by atoms with E-state index in [0.29, 0.717) is 28.6 Å². The molecule has 1 unspecified atom stereocenters. The monoisotopic (exact) mass is 390 g/mol. The van der Waals surface area contributed by atoms with E-state index in [-0.39, 0.29) is 0 Å². The van der Waals surface area contributed by atoms with Crippen LogP contribution in [0.4, 0.5) is 0 Å². The minimum Gasteiger partial charge on any atom is -0.385 e. The third-order valence-corrected chi connectivity index (χ3v) is 4.77. The maximum absolute atomic E-state index is 10.9. The zero-order valence-corrected chi connectivity index (χ0v) is 15.2. The van der Waals surface area contributed by atoms with E-state index in [1.807, 2.05) is 30.7 Å². The normalized spacial score (nSPS) is 14.2. The van der Waals surface area contributed by atoms with E-state index in [1.54, 1.807) is 13.0 Å². The zero-order chi connectivity index (χ0) is 15.8. The fourth-order valence-corrected chi connectivity index (χ4v) is 3.46. The van der Waals surface area contributed by atoms with Gasteiger partial charge in [0.2, 0.25) is 0 Å². The molecule has 0 aliphatic heterocycles. The van der Waals surface area contributed by atoms with E-state index in [0.717, 1.165) is 15.9 Å². The van der Waals surface area contributed by atoms with Gasteiger partial charge in [0.05, 0.1) is 22.0 Å². The van der Waals surface area contributed by atoms with Crippen molar-refractivity contribution >= 4 is 39.1 Å². The Bertz CT molecular complexity index is 668. The summed E-state index contributed by atoms with van der Waals surface area (Å²) < 4.78 is 2.69. The highest BCUT2D eigenvalue weighted by Crippen LogP contribution is 2.35. The van der Waals surface area contributed by atoms with Crippen LogP contribution in [0.15, 0.2) is 22.7 Å². The Morgan fingerprint density at radius 3 is 2.62 bits per heavy atom.